The number of hydrogen-bond acceptors (Lipinski definition) is 2. The first-order valence-corrected chi connectivity index (χ1v) is 6.58. The predicted molar refractivity (Wildman–Crippen MR) is 73.2 cm³/mol. The van der Waals surface area contributed by atoms with E-state index in [0.717, 1.165) is 26.0 Å². The third-order valence-electron chi connectivity index (χ3n) is 2.98. The third-order valence-corrected chi connectivity index (χ3v) is 2.98. The summed E-state index contributed by atoms with van der Waals surface area (Å²) in [6.07, 6.45) is 1.98. The van der Waals surface area contributed by atoms with E-state index in [0.29, 0.717) is 12.0 Å². The van der Waals surface area contributed by atoms with Gasteiger partial charge in [-0.3, -0.25) is 0 Å². The van der Waals surface area contributed by atoms with Crippen molar-refractivity contribution in [3.05, 3.63) is 35.6 Å². The molecule has 0 aliphatic heterocycles. The molecular formula is C15H24FNO. The van der Waals surface area contributed by atoms with Crippen molar-refractivity contribution in [3.63, 3.8) is 0 Å². The number of methoxy groups -OCH3 is 1. The Kier molecular flexibility index (Phi) is 6.91. The van der Waals surface area contributed by atoms with Crippen molar-refractivity contribution in [2.75, 3.05) is 20.3 Å². The zero-order chi connectivity index (χ0) is 13.4. The number of rotatable bonds is 8. The van der Waals surface area contributed by atoms with E-state index in [1.54, 1.807) is 7.11 Å². The maximum absolute atomic E-state index is 12.8. The van der Waals surface area contributed by atoms with Gasteiger partial charge in [-0.2, -0.15) is 0 Å². The van der Waals surface area contributed by atoms with Crippen LogP contribution in [0.2, 0.25) is 0 Å². The summed E-state index contributed by atoms with van der Waals surface area (Å²) in [6, 6.07) is 7.27. The monoisotopic (exact) mass is 253 g/mol. The molecular weight excluding hydrogens is 229 g/mol. The number of ether oxygens (including phenoxy) is 1. The first kappa shape index (κ1) is 15.1. The Labute approximate surface area is 110 Å². The van der Waals surface area contributed by atoms with Gasteiger partial charge in [-0.05, 0) is 43.0 Å². The lowest BCUT2D eigenvalue weighted by Crippen LogP contribution is -2.30. The minimum atomic E-state index is -0.174. The summed E-state index contributed by atoms with van der Waals surface area (Å²) in [4.78, 5) is 0. The molecule has 0 bridgehead atoms. The van der Waals surface area contributed by atoms with Crippen LogP contribution in [0.5, 0.6) is 0 Å². The topological polar surface area (TPSA) is 21.3 Å². The summed E-state index contributed by atoms with van der Waals surface area (Å²) >= 11 is 0. The molecule has 2 nitrogen and oxygen atoms in total. The van der Waals surface area contributed by atoms with Crippen molar-refractivity contribution < 1.29 is 9.13 Å². The van der Waals surface area contributed by atoms with Gasteiger partial charge < -0.3 is 10.1 Å². The van der Waals surface area contributed by atoms with E-state index >= 15 is 0 Å². The van der Waals surface area contributed by atoms with Crippen molar-refractivity contribution in [3.8, 4) is 0 Å². The van der Waals surface area contributed by atoms with Crippen LogP contribution in [0.1, 0.15) is 25.8 Å². The van der Waals surface area contributed by atoms with Gasteiger partial charge in [-0.25, -0.2) is 4.39 Å². The Bertz CT molecular complexity index is 324. The molecule has 0 fully saturated rings. The van der Waals surface area contributed by atoms with Gasteiger partial charge in [-0.15, -0.1) is 0 Å². The fourth-order valence-electron chi connectivity index (χ4n) is 1.92. The lowest BCUT2D eigenvalue weighted by Gasteiger charge is -2.19. The molecule has 102 valence electrons. The molecule has 0 amide bonds. The summed E-state index contributed by atoms with van der Waals surface area (Å²) in [5.41, 5.74) is 1.18. The second kappa shape index (κ2) is 8.22. The van der Waals surface area contributed by atoms with Gasteiger partial charge >= 0.3 is 0 Å². The smallest absolute Gasteiger partial charge is 0.123 e. The average molecular weight is 253 g/mol. The molecule has 3 heteroatoms. The van der Waals surface area contributed by atoms with E-state index in [9.17, 15) is 4.39 Å². The highest BCUT2D eigenvalue weighted by Gasteiger charge is 2.10. The van der Waals surface area contributed by atoms with Crippen LogP contribution in [-0.4, -0.2) is 26.3 Å². The minimum Gasteiger partial charge on any atom is -0.385 e. The number of halogens is 1. The van der Waals surface area contributed by atoms with Crippen LogP contribution in [-0.2, 0) is 11.2 Å². The highest BCUT2D eigenvalue weighted by atomic mass is 19.1. The summed E-state index contributed by atoms with van der Waals surface area (Å²) in [5, 5.41) is 3.46. The second-order valence-corrected chi connectivity index (χ2v) is 5.04. The lowest BCUT2D eigenvalue weighted by molar-refractivity contribution is 0.175. The highest BCUT2D eigenvalue weighted by molar-refractivity contribution is 5.16. The largest absolute Gasteiger partial charge is 0.385 e. The fraction of sp³-hybridized carbons (Fsp3) is 0.600. The molecule has 1 aromatic rings. The normalized spacial score (nSPS) is 12.9. The molecule has 0 saturated carbocycles. The summed E-state index contributed by atoms with van der Waals surface area (Å²) in [7, 11) is 1.73. The summed E-state index contributed by atoms with van der Waals surface area (Å²) in [6.45, 7) is 6.03. The van der Waals surface area contributed by atoms with Crippen LogP contribution in [0.4, 0.5) is 4.39 Å². The number of hydrogen-bond donors (Lipinski definition) is 1. The van der Waals surface area contributed by atoms with Crippen LogP contribution in [0.25, 0.3) is 0 Å². The molecule has 1 N–H and O–H groups in total. The molecule has 0 heterocycles. The molecule has 1 atom stereocenters. The van der Waals surface area contributed by atoms with Crippen LogP contribution in [0, 0.1) is 11.7 Å². The minimum absolute atomic E-state index is 0.174. The van der Waals surface area contributed by atoms with E-state index in [4.69, 9.17) is 4.74 Å². The van der Waals surface area contributed by atoms with Gasteiger partial charge in [0.2, 0.25) is 0 Å². The molecule has 1 unspecified atom stereocenters. The molecule has 0 aliphatic carbocycles. The highest BCUT2D eigenvalue weighted by Crippen LogP contribution is 2.13. The van der Waals surface area contributed by atoms with Crippen LogP contribution >= 0.6 is 0 Å². The Morgan fingerprint density at radius 2 is 1.89 bits per heavy atom. The Hall–Kier alpha value is -0.930. The van der Waals surface area contributed by atoms with Gasteiger partial charge in [0, 0.05) is 19.8 Å². The van der Waals surface area contributed by atoms with Crippen LogP contribution < -0.4 is 5.32 Å². The maximum atomic E-state index is 12.8. The third kappa shape index (κ3) is 6.12. The van der Waals surface area contributed by atoms with E-state index in [2.05, 4.69) is 19.2 Å². The Balaban J connectivity index is 2.50. The van der Waals surface area contributed by atoms with Gasteiger partial charge in [0.05, 0.1) is 0 Å². The van der Waals surface area contributed by atoms with Gasteiger partial charge in [0.15, 0.2) is 0 Å². The van der Waals surface area contributed by atoms with Gasteiger partial charge in [-0.1, -0.05) is 26.0 Å². The SMILES string of the molecule is COCCC(CNC(C)C)Cc1ccc(F)cc1. The van der Waals surface area contributed by atoms with Crippen molar-refractivity contribution in [1.29, 1.82) is 0 Å². The Morgan fingerprint density at radius 3 is 2.44 bits per heavy atom. The molecule has 0 saturated heterocycles. The zero-order valence-corrected chi connectivity index (χ0v) is 11.6. The summed E-state index contributed by atoms with van der Waals surface area (Å²) in [5.74, 6) is 0.352. The standard InChI is InChI=1S/C15H24FNO/c1-12(2)17-11-14(8-9-18-3)10-13-4-6-15(16)7-5-13/h4-7,12,14,17H,8-11H2,1-3H3. The molecule has 0 spiro atoms. The van der Waals surface area contributed by atoms with E-state index in [1.165, 1.54) is 17.7 Å². The van der Waals surface area contributed by atoms with Crippen molar-refractivity contribution in [2.45, 2.75) is 32.7 Å². The van der Waals surface area contributed by atoms with Crippen LogP contribution in [0.3, 0.4) is 0 Å². The average Bonchev–Trinajstić information content (AvgIpc) is 2.35. The molecule has 18 heavy (non-hydrogen) atoms. The number of nitrogens with one attached hydrogen (secondary N) is 1. The molecule has 0 aliphatic rings. The quantitative estimate of drug-likeness (QED) is 0.769. The fourth-order valence-corrected chi connectivity index (χ4v) is 1.92. The van der Waals surface area contributed by atoms with Crippen molar-refractivity contribution in [2.24, 2.45) is 5.92 Å². The van der Waals surface area contributed by atoms with Gasteiger partial charge in [0.25, 0.3) is 0 Å². The molecule has 0 radical (unpaired) electrons. The lowest BCUT2D eigenvalue weighted by atomic mass is 9.96. The maximum Gasteiger partial charge on any atom is 0.123 e. The summed E-state index contributed by atoms with van der Waals surface area (Å²) < 4.78 is 18.0. The van der Waals surface area contributed by atoms with E-state index in [1.807, 2.05) is 12.1 Å². The molecule has 1 aromatic carbocycles. The molecule has 1 rings (SSSR count). The Morgan fingerprint density at radius 1 is 1.22 bits per heavy atom. The zero-order valence-electron chi connectivity index (χ0n) is 11.6. The second-order valence-electron chi connectivity index (χ2n) is 5.04. The van der Waals surface area contributed by atoms with Crippen molar-refractivity contribution >= 4 is 0 Å². The first-order valence-electron chi connectivity index (χ1n) is 6.58. The van der Waals surface area contributed by atoms with E-state index in [-0.39, 0.29) is 5.82 Å². The van der Waals surface area contributed by atoms with E-state index < -0.39 is 0 Å². The first-order chi connectivity index (χ1) is 8.61. The molecule has 0 aromatic heterocycles. The predicted octanol–water partition coefficient (Wildman–Crippen LogP) is 3.02. The number of benzene rings is 1. The van der Waals surface area contributed by atoms with Gasteiger partial charge in [0.1, 0.15) is 5.82 Å². The van der Waals surface area contributed by atoms with Crippen molar-refractivity contribution in [1.82, 2.24) is 5.32 Å². The van der Waals surface area contributed by atoms with Crippen LogP contribution in [0.15, 0.2) is 24.3 Å².